The van der Waals surface area contributed by atoms with E-state index in [1.165, 1.54) is 5.56 Å². The van der Waals surface area contributed by atoms with Crippen molar-refractivity contribution in [3.63, 3.8) is 0 Å². The Labute approximate surface area is 108 Å². The predicted molar refractivity (Wildman–Crippen MR) is 74.4 cm³/mol. The maximum Gasteiger partial charge on any atom is 0.233 e. The molecule has 0 saturated heterocycles. The van der Waals surface area contributed by atoms with Crippen molar-refractivity contribution in [1.29, 1.82) is 0 Å². The standard InChI is InChI=1S/C14H21NOS/c1-5-11(3)15-14(16)12(4)17-13-8-6-10(2)7-9-13/h6-9,11-12H,5H2,1-4H3,(H,15,16)/t11-,12-/m1/s1. The monoisotopic (exact) mass is 251 g/mol. The van der Waals surface area contributed by atoms with E-state index < -0.39 is 0 Å². The molecule has 0 aliphatic heterocycles. The first-order valence-corrected chi connectivity index (χ1v) is 6.94. The van der Waals surface area contributed by atoms with Gasteiger partial charge in [0.15, 0.2) is 0 Å². The number of carbonyl (C=O) groups excluding carboxylic acids is 1. The SMILES string of the molecule is CC[C@@H](C)NC(=O)[C@@H](C)Sc1ccc(C)cc1. The molecule has 1 rings (SSSR count). The van der Waals surface area contributed by atoms with Crippen molar-refractivity contribution in [3.8, 4) is 0 Å². The highest BCUT2D eigenvalue weighted by atomic mass is 32.2. The van der Waals surface area contributed by atoms with Gasteiger partial charge in [-0.2, -0.15) is 0 Å². The van der Waals surface area contributed by atoms with Crippen molar-refractivity contribution in [3.05, 3.63) is 29.8 Å². The second-order valence-electron chi connectivity index (χ2n) is 4.39. The van der Waals surface area contributed by atoms with E-state index in [-0.39, 0.29) is 17.2 Å². The minimum Gasteiger partial charge on any atom is -0.353 e. The molecular weight excluding hydrogens is 230 g/mol. The molecule has 1 N–H and O–H groups in total. The third-order valence-electron chi connectivity index (χ3n) is 2.70. The van der Waals surface area contributed by atoms with Gasteiger partial charge in [0.2, 0.25) is 5.91 Å². The summed E-state index contributed by atoms with van der Waals surface area (Å²) in [4.78, 5) is 13.0. The average molecular weight is 251 g/mol. The molecule has 2 nitrogen and oxygen atoms in total. The van der Waals surface area contributed by atoms with Gasteiger partial charge in [-0.1, -0.05) is 24.6 Å². The van der Waals surface area contributed by atoms with E-state index >= 15 is 0 Å². The van der Waals surface area contributed by atoms with Gasteiger partial charge < -0.3 is 5.32 Å². The minimum atomic E-state index is -0.0493. The molecule has 0 fully saturated rings. The normalized spacial score (nSPS) is 14.1. The summed E-state index contributed by atoms with van der Waals surface area (Å²) in [5.41, 5.74) is 1.24. The zero-order valence-electron chi connectivity index (χ0n) is 11.0. The molecule has 2 atom stereocenters. The van der Waals surface area contributed by atoms with Gasteiger partial charge in [0.1, 0.15) is 0 Å². The van der Waals surface area contributed by atoms with Crippen LogP contribution in [0.1, 0.15) is 32.8 Å². The lowest BCUT2D eigenvalue weighted by Crippen LogP contribution is -2.37. The lowest BCUT2D eigenvalue weighted by molar-refractivity contribution is -0.120. The van der Waals surface area contributed by atoms with Crippen LogP contribution in [0, 0.1) is 6.92 Å². The summed E-state index contributed by atoms with van der Waals surface area (Å²) in [6.07, 6.45) is 0.966. The van der Waals surface area contributed by atoms with Crippen LogP contribution < -0.4 is 5.32 Å². The van der Waals surface area contributed by atoms with Crippen LogP contribution >= 0.6 is 11.8 Å². The molecule has 1 aromatic carbocycles. The fraction of sp³-hybridized carbons (Fsp3) is 0.500. The Morgan fingerprint density at radius 2 is 1.88 bits per heavy atom. The lowest BCUT2D eigenvalue weighted by Gasteiger charge is -2.16. The van der Waals surface area contributed by atoms with Crippen molar-refractivity contribution in [2.24, 2.45) is 0 Å². The van der Waals surface area contributed by atoms with E-state index in [9.17, 15) is 4.79 Å². The molecule has 0 bridgehead atoms. The quantitative estimate of drug-likeness (QED) is 0.813. The number of hydrogen-bond donors (Lipinski definition) is 1. The number of rotatable bonds is 5. The number of nitrogens with one attached hydrogen (secondary N) is 1. The van der Waals surface area contributed by atoms with Crippen LogP contribution in [-0.2, 0) is 4.79 Å². The van der Waals surface area contributed by atoms with Gasteiger partial charge >= 0.3 is 0 Å². The van der Waals surface area contributed by atoms with E-state index in [1.807, 2.05) is 13.8 Å². The van der Waals surface area contributed by atoms with Gasteiger partial charge in [0, 0.05) is 10.9 Å². The van der Waals surface area contributed by atoms with Crippen molar-refractivity contribution in [2.75, 3.05) is 0 Å². The van der Waals surface area contributed by atoms with Crippen molar-refractivity contribution in [1.82, 2.24) is 5.32 Å². The minimum absolute atomic E-state index is 0.0493. The van der Waals surface area contributed by atoms with Crippen LogP contribution in [0.5, 0.6) is 0 Å². The number of benzene rings is 1. The summed E-state index contributed by atoms with van der Waals surface area (Å²) in [5.74, 6) is 0.116. The number of hydrogen-bond acceptors (Lipinski definition) is 2. The molecule has 1 amide bonds. The maximum absolute atomic E-state index is 11.9. The molecule has 0 aromatic heterocycles. The van der Waals surface area contributed by atoms with E-state index in [1.54, 1.807) is 11.8 Å². The highest BCUT2D eigenvalue weighted by molar-refractivity contribution is 8.00. The van der Waals surface area contributed by atoms with Crippen LogP contribution in [0.25, 0.3) is 0 Å². The zero-order chi connectivity index (χ0) is 12.8. The van der Waals surface area contributed by atoms with Gasteiger partial charge in [0.05, 0.1) is 5.25 Å². The third-order valence-corrected chi connectivity index (χ3v) is 3.82. The fourth-order valence-corrected chi connectivity index (χ4v) is 2.21. The van der Waals surface area contributed by atoms with E-state index in [0.717, 1.165) is 11.3 Å². The second kappa shape index (κ2) is 6.70. The first-order chi connectivity index (χ1) is 8.02. The number of amides is 1. The van der Waals surface area contributed by atoms with Crippen molar-refractivity contribution in [2.45, 2.75) is 50.3 Å². The number of aryl methyl sites for hydroxylation is 1. The third kappa shape index (κ3) is 4.82. The van der Waals surface area contributed by atoms with E-state index in [4.69, 9.17) is 0 Å². The summed E-state index contributed by atoms with van der Waals surface area (Å²) in [5, 5.41) is 2.95. The second-order valence-corrected chi connectivity index (χ2v) is 5.81. The first kappa shape index (κ1) is 14.1. The van der Waals surface area contributed by atoms with Gasteiger partial charge in [0.25, 0.3) is 0 Å². The van der Waals surface area contributed by atoms with Crippen LogP contribution in [0.2, 0.25) is 0 Å². The van der Waals surface area contributed by atoms with Gasteiger partial charge in [-0.15, -0.1) is 11.8 Å². The Morgan fingerprint density at radius 1 is 1.29 bits per heavy atom. The Hall–Kier alpha value is -0.960. The predicted octanol–water partition coefficient (Wildman–Crippen LogP) is 3.39. The van der Waals surface area contributed by atoms with Crippen LogP contribution in [0.3, 0.4) is 0 Å². The lowest BCUT2D eigenvalue weighted by atomic mass is 10.2. The molecule has 0 aliphatic carbocycles. The Morgan fingerprint density at radius 3 is 2.41 bits per heavy atom. The highest BCUT2D eigenvalue weighted by Crippen LogP contribution is 2.23. The Bertz CT molecular complexity index is 361. The zero-order valence-corrected chi connectivity index (χ0v) is 11.8. The van der Waals surface area contributed by atoms with E-state index in [0.29, 0.717) is 0 Å². The molecular formula is C14H21NOS. The topological polar surface area (TPSA) is 29.1 Å². The van der Waals surface area contributed by atoms with Crippen molar-refractivity contribution < 1.29 is 4.79 Å². The number of thioether (sulfide) groups is 1. The number of carbonyl (C=O) groups is 1. The Balaban J connectivity index is 2.51. The molecule has 0 aliphatic rings. The molecule has 17 heavy (non-hydrogen) atoms. The van der Waals surface area contributed by atoms with Gasteiger partial charge in [-0.25, -0.2) is 0 Å². The van der Waals surface area contributed by atoms with Gasteiger partial charge in [-0.3, -0.25) is 4.79 Å². The van der Waals surface area contributed by atoms with E-state index in [2.05, 4.69) is 43.4 Å². The van der Waals surface area contributed by atoms with Crippen LogP contribution in [0.15, 0.2) is 29.2 Å². The summed E-state index contributed by atoms with van der Waals surface area (Å²) < 4.78 is 0. The molecule has 0 radical (unpaired) electrons. The fourth-order valence-electron chi connectivity index (χ4n) is 1.34. The van der Waals surface area contributed by atoms with Crippen molar-refractivity contribution >= 4 is 17.7 Å². The van der Waals surface area contributed by atoms with Crippen LogP contribution in [0.4, 0.5) is 0 Å². The average Bonchev–Trinajstić information content (AvgIpc) is 2.31. The smallest absolute Gasteiger partial charge is 0.233 e. The molecule has 94 valence electrons. The Kier molecular flexibility index (Phi) is 5.56. The van der Waals surface area contributed by atoms with Gasteiger partial charge in [-0.05, 0) is 39.3 Å². The molecule has 1 aromatic rings. The first-order valence-electron chi connectivity index (χ1n) is 6.06. The summed E-state index contributed by atoms with van der Waals surface area (Å²) in [7, 11) is 0. The molecule has 0 saturated carbocycles. The largest absolute Gasteiger partial charge is 0.353 e. The summed E-state index contributed by atoms with van der Waals surface area (Å²) >= 11 is 1.60. The molecule has 0 spiro atoms. The summed E-state index contributed by atoms with van der Waals surface area (Å²) in [6.45, 7) is 8.11. The summed E-state index contributed by atoms with van der Waals surface area (Å²) in [6, 6.07) is 8.52. The van der Waals surface area contributed by atoms with Crippen LogP contribution in [-0.4, -0.2) is 17.2 Å². The molecule has 0 heterocycles. The maximum atomic E-state index is 11.9. The highest BCUT2D eigenvalue weighted by Gasteiger charge is 2.15. The molecule has 3 heteroatoms. The molecule has 0 unspecified atom stereocenters.